The van der Waals surface area contributed by atoms with Gasteiger partial charge in [0.1, 0.15) is 7.05 Å². The fraction of sp³-hybridized carbons (Fsp3) is 0.222. The van der Waals surface area contributed by atoms with Gasteiger partial charge in [0.25, 0.3) is 15.9 Å². The number of aliphatic carboxylic acids is 1. The van der Waals surface area contributed by atoms with Gasteiger partial charge in [0.05, 0.1) is 21.2 Å². The minimum absolute atomic E-state index is 0.00211. The number of nitrogens with zero attached hydrogens (tertiary/aromatic N) is 2. The second-order valence-electron chi connectivity index (χ2n) is 8.51. The number of hydrogen-bond acceptors (Lipinski definition) is 4. The molecule has 0 fully saturated rings. The van der Waals surface area contributed by atoms with Crippen LogP contribution in [0.4, 0.5) is 0 Å². The standard InChI is InChI=1S/C27H25BrN2O5S/c1-29-23-11-6-4-9-21(23)26(22-10-5-7-12-24(22)29)27(33)30(18-8-2-3-13-25(31)32)36(34,35)20-16-14-19(28)15-17-20/h4-7,9-12,14-17H,2-3,8,13,18H2,1H3/p+1. The third kappa shape index (κ3) is 5.12. The van der Waals surface area contributed by atoms with E-state index in [2.05, 4.69) is 15.9 Å². The highest BCUT2D eigenvalue weighted by molar-refractivity contribution is 9.10. The Hall–Kier alpha value is -3.30. The molecule has 0 unspecified atom stereocenters. The number of aryl methyl sites for hydroxylation is 1. The summed E-state index contributed by atoms with van der Waals surface area (Å²) < 4.78 is 31.2. The summed E-state index contributed by atoms with van der Waals surface area (Å²) in [6.07, 6.45) is 1.24. The molecule has 7 nitrogen and oxygen atoms in total. The second-order valence-corrected chi connectivity index (χ2v) is 11.3. The Balaban J connectivity index is 1.84. The van der Waals surface area contributed by atoms with E-state index in [1.807, 2.05) is 60.1 Å². The van der Waals surface area contributed by atoms with Gasteiger partial charge in [0.2, 0.25) is 11.0 Å². The molecule has 0 saturated heterocycles. The lowest BCUT2D eigenvalue weighted by Gasteiger charge is -2.24. The van der Waals surface area contributed by atoms with Gasteiger partial charge in [-0.25, -0.2) is 12.7 Å². The van der Waals surface area contributed by atoms with Crippen LogP contribution in [0.15, 0.2) is 82.2 Å². The van der Waals surface area contributed by atoms with Gasteiger partial charge >= 0.3 is 5.97 Å². The minimum Gasteiger partial charge on any atom is -0.481 e. The monoisotopic (exact) mass is 569 g/mol. The Morgan fingerprint density at radius 2 is 1.42 bits per heavy atom. The number of para-hydroxylation sites is 2. The molecule has 0 atom stereocenters. The summed E-state index contributed by atoms with van der Waals surface area (Å²) in [7, 11) is -2.26. The van der Waals surface area contributed by atoms with Gasteiger partial charge in [0, 0.05) is 29.6 Å². The molecular weight excluding hydrogens is 544 g/mol. The predicted octanol–water partition coefficient (Wildman–Crippen LogP) is 5.06. The summed E-state index contributed by atoms with van der Waals surface area (Å²) in [4.78, 5) is 25.1. The Labute approximate surface area is 218 Å². The third-order valence-electron chi connectivity index (χ3n) is 6.16. The van der Waals surface area contributed by atoms with Gasteiger partial charge in [-0.3, -0.25) is 9.59 Å². The zero-order valence-corrected chi connectivity index (χ0v) is 22.1. The number of carboxylic acids is 1. The molecule has 0 aliphatic heterocycles. The number of benzene rings is 3. The van der Waals surface area contributed by atoms with Crippen molar-refractivity contribution in [3.05, 3.63) is 82.8 Å². The molecular formula is C27H26BrN2O5S+. The van der Waals surface area contributed by atoms with E-state index in [1.165, 1.54) is 12.1 Å². The number of fused-ring (bicyclic) bond motifs is 2. The summed E-state index contributed by atoms with van der Waals surface area (Å²) in [6, 6.07) is 21.0. The summed E-state index contributed by atoms with van der Waals surface area (Å²) >= 11 is 3.32. The first-order valence-corrected chi connectivity index (χ1v) is 13.8. The largest absolute Gasteiger partial charge is 0.481 e. The predicted molar refractivity (Wildman–Crippen MR) is 141 cm³/mol. The highest BCUT2D eigenvalue weighted by atomic mass is 79.9. The van der Waals surface area contributed by atoms with Gasteiger partial charge in [-0.15, -0.1) is 0 Å². The summed E-state index contributed by atoms with van der Waals surface area (Å²) in [5, 5.41) is 10.2. The summed E-state index contributed by atoms with van der Waals surface area (Å²) in [5.41, 5.74) is 1.94. The molecule has 4 aromatic rings. The summed E-state index contributed by atoms with van der Waals surface area (Å²) in [5.74, 6) is -1.51. The van der Waals surface area contributed by atoms with Crippen LogP contribution in [0.2, 0.25) is 0 Å². The zero-order valence-electron chi connectivity index (χ0n) is 19.7. The molecule has 0 aliphatic carbocycles. The van der Waals surface area contributed by atoms with Gasteiger partial charge < -0.3 is 5.11 Å². The number of carboxylic acid groups (broad SMARTS) is 1. The number of unbranched alkanes of at least 4 members (excludes halogenated alkanes) is 2. The molecule has 1 N–H and O–H groups in total. The summed E-state index contributed by atoms with van der Waals surface area (Å²) in [6.45, 7) is -0.0550. The number of amides is 1. The van der Waals surface area contributed by atoms with Crippen LogP contribution in [0.1, 0.15) is 36.0 Å². The minimum atomic E-state index is -4.18. The van der Waals surface area contributed by atoms with Crippen molar-refractivity contribution >= 4 is 59.6 Å². The van der Waals surface area contributed by atoms with Crippen molar-refractivity contribution in [2.45, 2.75) is 30.6 Å². The molecule has 3 aromatic carbocycles. The smallest absolute Gasteiger partial charge is 0.303 e. The van der Waals surface area contributed by atoms with Crippen molar-refractivity contribution in [3.63, 3.8) is 0 Å². The molecule has 0 bridgehead atoms. The maximum absolute atomic E-state index is 14.2. The number of halogens is 1. The van der Waals surface area contributed by atoms with E-state index >= 15 is 0 Å². The number of aromatic nitrogens is 1. The SMILES string of the molecule is C[n+]1c2ccccc2c(C(=O)N(CCCCCC(=O)O)S(=O)(=O)c2ccc(Br)cc2)c2ccccc21. The second kappa shape index (κ2) is 10.8. The molecule has 1 heterocycles. The Morgan fingerprint density at radius 3 is 1.97 bits per heavy atom. The van der Waals surface area contributed by atoms with Gasteiger partial charge in [-0.1, -0.05) is 46.6 Å². The number of carbonyl (C=O) groups is 2. The van der Waals surface area contributed by atoms with E-state index < -0.39 is 21.9 Å². The molecule has 0 spiro atoms. The first-order valence-electron chi connectivity index (χ1n) is 11.6. The topological polar surface area (TPSA) is 95.6 Å². The van der Waals surface area contributed by atoms with Gasteiger partial charge in [-0.05, 0) is 49.2 Å². The van der Waals surface area contributed by atoms with E-state index in [1.54, 1.807) is 12.1 Å². The lowest BCUT2D eigenvalue weighted by molar-refractivity contribution is -0.617. The van der Waals surface area contributed by atoms with Crippen molar-refractivity contribution in [1.29, 1.82) is 0 Å². The van der Waals surface area contributed by atoms with E-state index in [0.29, 0.717) is 35.6 Å². The highest BCUT2D eigenvalue weighted by Crippen LogP contribution is 2.29. The number of hydrogen-bond donors (Lipinski definition) is 1. The lowest BCUT2D eigenvalue weighted by atomic mass is 10.0. The molecule has 186 valence electrons. The van der Waals surface area contributed by atoms with E-state index in [9.17, 15) is 18.0 Å². The number of pyridine rings is 1. The number of sulfonamides is 1. The zero-order chi connectivity index (χ0) is 25.9. The van der Waals surface area contributed by atoms with Crippen LogP contribution in [-0.2, 0) is 21.9 Å². The molecule has 36 heavy (non-hydrogen) atoms. The average molecular weight is 570 g/mol. The maximum Gasteiger partial charge on any atom is 0.303 e. The van der Waals surface area contributed by atoms with Crippen molar-refractivity contribution < 1.29 is 27.7 Å². The van der Waals surface area contributed by atoms with E-state index in [0.717, 1.165) is 19.8 Å². The average Bonchev–Trinajstić information content (AvgIpc) is 2.86. The van der Waals surface area contributed by atoms with Crippen LogP contribution in [0.25, 0.3) is 21.8 Å². The van der Waals surface area contributed by atoms with Crippen LogP contribution in [-0.4, -0.2) is 36.3 Å². The van der Waals surface area contributed by atoms with Crippen LogP contribution < -0.4 is 4.57 Å². The van der Waals surface area contributed by atoms with Crippen LogP contribution in [0.5, 0.6) is 0 Å². The molecule has 1 amide bonds. The molecule has 1 aromatic heterocycles. The van der Waals surface area contributed by atoms with Crippen LogP contribution in [0.3, 0.4) is 0 Å². The quantitative estimate of drug-likeness (QED) is 0.173. The van der Waals surface area contributed by atoms with Crippen molar-refractivity contribution in [3.8, 4) is 0 Å². The molecule has 4 rings (SSSR count). The van der Waals surface area contributed by atoms with E-state index in [4.69, 9.17) is 5.11 Å². The fourth-order valence-corrected chi connectivity index (χ4v) is 6.04. The molecule has 9 heteroatoms. The first kappa shape index (κ1) is 25.8. The van der Waals surface area contributed by atoms with Crippen molar-refractivity contribution in [2.75, 3.05) is 6.54 Å². The molecule has 0 saturated carbocycles. The van der Waals surface area contributed by atoms with Crippen LogP contribution in [0, 0.1) is 0 Å². The molecule has 0 aliphatic rings. The highest BCUT2D eigenvalue weighted by Gasteiger charge is 2.33. The lowest BCUT2D eigenvalue weighted by Crippen LogP contribution is -2.39. The Morgan fingerprint density at radius 1 is 0.861 bits per heavy atom. The Bertz CT molecular complexity index is 1500. The fourth-order valence-electron chi connectivity index (χ4n) is 4.36. The number of rotatable bonds is 9. The van der Waals surface area contributed by atoms with Gasteiger partial charge in [-0.2, -0.15) is 4.57 Å². The number of carbonyl (C=O) groups excluding carboxylic acids is 1. The maximum atomic E-state index is 14.2. The van der Waals surface area contributed by atoms with E-state index in [-0.39, 0.29) is 17.9 Å². The Kier molecular flexibility index (Phi) is 7.70. The molecule has 0 radical (unpaired) electrons. The normalized spacial score (nSPS) is 11.6. The van der Waals surface area contributed by atoms with Gasteiger partial charge in [0.15, 0.2) is 0 Å². The van der Waals surface area contributed by atoms with Crippen LogP contribution >= 0.6 is 15.9 Å². The van der Waals surface area contributed by atoms with Crippen molar-refractivity contribution in [1.82, 2.24) is 4.31 Å². The first-order chi connectivity index (χ1) is 17.2. The van der Waals surface area contributed by atoms with Crippen molar-refractivity contribution in [2.24, 2.45) is 7.05 Å². The third-order valence-corrected chi connectivity index (χ3v) is 8.49.